The summed E-state index contributed by atoms with van der Waals surface area (Å²) in [6.07, 6.45) is 4.93. The highest BCUT2D eigenvalue weighted by atomic mass is 16.2. The van der Waals surface area contributed by atoms with Crippen LogP contribution < -0.4 is 16.0 Å². The van der Waals surface area contributed by atoms with Crippen LogP contribution in [0.5, 0.6) is 0 Å². The standard InChI is InChI=1S/C23H29N3O2/c1-2-26(20-9-5-3-6-10-20)21(27)17-18-11-13-19(14-12-18)25-22(28)23(24)15-7-4-8-16-23/h3,5-6,9-14H,2,4,7-8,15-17,24H2,1H3,(H,25,28). The van der Waals surface area contributed by atoms with Crippen molar-refractivity contribution < 1.29 is 9.59 Å². The second-order valence-electron chi connectivity index (χ2n) is 7.52. The monoisotopic (exact) mass is 379 g/mol. The third-order valence-electron chi connectivity index (χ3n) is 5.45. The average molecular weight is 380 g/mol. The van der Waals surface area contributed by atoms with Crippen molar-refractivity contribution in [2.24, 2.45) is 5.73 Å². The normalized spacial score (nSPS) is 15.6. The maximum atomic E-state index is 12.7. The molecule has 1 aliphatic rings. The molecule has 148 valence electrons. The first-order valence-corrected chi connectivity index (χ1v) is 10.1. The van der Waals surface area contributed by atoms with Gasteiger partial charge in [-0.2, -0.15) is 0 Å². The molecule has 28 heavy (non-hydrogen) atoms. The smallest absolute Gasteiger partial charge is 0.244 e. The van der Waals surface area contributed by atoms with E-state index in [-0.39, 0.29) is 11.8 Å². The molecule has 2 amide bonds. The summed E-state index contributed by atoms with van der Waals surface area (Å²) in [5, 5.41) is 2.93. The number of likely N-dealkylation sites (N-methyl/N-ethyl adjacent to an activating group) is 1. The maximum Gasteiger partial charge on any atom is 0.244 e. The van der Waals surface area contributed by atoms with Crippen molar-refractivity contribution >= 4 is 23.2 Å². The lowest BCUT2D eigenvalue weighted by Crippen LogP contribution is -2.52. The second-order valence-corrected chi connectivity index (χ2v) is 7.52. The molecule has 0 saturated heterocycles. The lowest BCUT2D eigenvalue weighted by Gasteiger charge is -2.31. The second kappa shape index (κ2) is 9.02. The summed E-state index contributed by atoms with van der Waals surface area (Å²) in [6, 6.07) is 17.1. The number of nitrogens with zero attached hydrogens (tertiary/aromatic N) is 1. The van der Waals surface area contributed by atoms with Crippen LogP contribution >= 0.6 is 0 Å². The first-order valence-electron chi connectivity index (χ1n) is 10.1. The van der Waals surface area contributed by atoms with E-state index in [0.717, 1.165) is 43.4 Å². The van der Waals surface area contributed by atoms with Crippen molar-refractivity contribution in [2.75, 3.05) is 16.8 Å². The molecule has 0 atom stereocenters. The predicted octanol–water partition coefficient (Wildman–Crippen LogP) is 3.88. The average Bonchev–Trinajstić information content (AvgIpc) is 2.71. The van der Waals surface area contributed by atoms with Crippen LogP contribution in [0.2, 0.25) is 0 Å². The molecule has 0 unspecified atom stereocenters. The quantitative estimate of drug-likeness (QED) is 0.800. The van der Waals surface area contributed by atoms with Crippen LogP contribution in [0.25, 0.3) is 0 Å². The van der Waals surface area contributed by atoms with E-state index in [1.807, 2.05) is 61.5 Å². The van der Waals surface area contributed by atoms with E-state index in [1.165, 1.54) is 0 Å². The topological polar surface area (TPSA) is 75.4 Å². The summed E-state index contributed by atoms with van der Waals surface area (Å²) < 4.78 is 0. The molecule has 0 heterocycles. The van der Waals surface area contributed by atoms with Crippen LogP contribution in [0.1, 0.15) is 44.6 Å². The molecule has 3 rings (SSSR count). The summed E-state index contributed by atoms with van der Waals surface area (Å²) in [5.74, 6) is -0.0640. The van der Waals surface area contributed by atoms with Gasteiger partial charge in [-0.3, -0.25) is 9.59 Å². The van der Waals surface area contributed by atoms with Gasteiger partial charge in [0.1, 0.15) is 0 Å². The first-order chi connectivity index (χ1) is 13.5. The fourth-order valence-electron chi connectivity index (χ4n) is 3.75. The molecular formula is C23H29N3O2. The number of benzene rings is 2. The number of amides is 2. The van der Waals surface area contributed by atoms with E-state index in [1.54, 1.807) is 4.90 Å². The largest absolute Gasteiger partial charge is 0.324 e. The third kappa shape index (κ3) is 4.78. The summed E-state index contributed by atoms with van der Waals surface area (Å²) in [7, 11) is 0. The summed E-state index contributed by atoms with van der Waals surface area (Å²) in [4.78, 5) is 27.0. The zero-order valence-corrected chi connectivity index (χ0v) is 16.5. The number of rotatable bonds is 6. The maximum absolute atomic E-state index is 12.7. The Hall–Kier alpha value is -2.66. The van der Waals surface area contributed by atoms with Crippen molar-refractivity contribution in [2.45, 2.75) is 51.0 Å². The van der Waals surface area contributed by atoms with Gasteiger partial charge < -0.3 is 16.0 Å². The summed E-state index contributed by atoms with van der Waals surface area (Å²) >= 11 is 0. The Kier molecular flexibility index (Phi) is 6.47. The number of para-hydroxylation sites is 1. The van der Waals surface area contributed by atoms with Crippen molar-refractivity contribution in [3.63, 3.8) is 0 Å². The fraction of sp³-hybridized carbons (Fsp3) is 0.391. The summed E-state index contributed by atoms with van der Waals surface area (Å²) in [5.41, 5.74) is 8.06. The lowest BCUT2D eigenvalue weighted by atomic mass is 9.82. The minimum absolute atomic E-state index is 0.0496. The Labute approximate surface area is 166 Å². The molecule has 5 nitrogen and oxygen atoms in total. The minimum Gasteiger partial charge on any atom is -0.324 e. The van der Waals surface area contributed by atoms with Crippen LogP contribution in [0.3, 0.4) is 0 Å². The van der Waals surface area contributed by atoms with E-state index < -0.39 is 5.54 Å². The van der Waals surface area contributed by atoms with Gasteiger partial charge in [0, 0.05) is 17.9 Å². The van der Waals surface area contributed by atoms with E-state index in [9.17, 15) is 9.59 Å². The highest BCUT2D eigenvalue weighted by Gasteiger charge is 2.35. The molecule has 0 bridgehead atoms. The van der Waals surface area contributed by atoms with Crippen molar-refractivity contribution in [3.8, 4) is 0 Å². The van der Waals surface area contributed by atoms with Gasteiger partial charge in [-0.1, -0.05) is 49.6 Å². The molecule has 2 aromatic carbocycles. The highest BCUT2D eigenvalue weighted by Crippen LogP contribution is 2.27. The number of anilines is 2. The third-order valence-corrected chi connectivity index (χ3v) is 5.45. The van der Waals surface area contributed by atoms with E-state index in [0.29, 0.717) is 18.7 Å². The molecule has 2 aromatic rings. The molecular weight excluding hydrogens is 350 g/mol. The number of carbonyl (C=O) groups is 2. The molecule has 1 fully saturated rings. The van der Waals surface area contributed by atoms with Crippen molar-refractivity contribution in [1.29, 1.82) is 0 Å². The molecule has 0 aromatic heterocycles. The Balaban J connectivity index is 1.61. The SMILES string of the molecule is CCN(C(=O)Cc1ccc(NC(=O)C2(N)CCCCC2)cc1)c1ccccc1. The number of nitrogens with two attached hydrogens (primary N) is 1. The van der Waals surface area contributed by atoms with Crippen LogP contribution in [0.4, 0.5) is 11.4 Å². The molecule has 5 heteroatoms. The Morgan fingerprint density at radius 3 is 2.25 bits per heavy atom. The van der Waals surface area contributed by atoms with E-state index in [2.05, 4.69) is 5.32 Å². The Morgan fingerprint density at radius 1 is 1.00 bits per heavy atom. The fourth-order valence-corrected chi connectivity index (χ4v) is 3.75. The van der Waals surface area contributed by atoms with Gasteiger partial charge in [0.15, 0.2) is 0 Å². The highest BCUT2D eigenvalue weighted by molar-refractivity contribution is 5.98. The van der Waals surface area contributed by atoms with Gasteiger partial charge in [-0.25, -0.2) is 0 Å². The van der Waals surface area contributed by atoms with Gasteiger partial charge in [0.25, 0.3) is 0 Å². The van der Waals surface area contributed by atoms with Gasteiger partial charge in [-0.15, -0.1) is 0 Å². The first kappa shape index (κ1) is 20.1. The van der Waals surface area contributed by atoms with Gasteiger partial charge in [-0.05, 0) is 49.6 Å². The Bertz CT molecular complexity index is 796. The van der Waals surface area contributed by atoms with E-state index >= 15 is 0 Å². The van der Waals surface area contributed by atoms with Crippen molar-refractivity contribution in [1.82, 2.24) is 0 Å². The Morgan fingerprint density at radius 2 is 1.64 bits per heavy atom. The molecule has 0 spiro atoms. The number of nitrogens with one attached hydrogen (secondary N) is 1. The molecule has 0 radical (unpaired) electrons. The number of hydrogen-bond donors (Lipinski definition) is 2. The van der Waals surface area contributed by atoms with Crippen LogP contribution in [0, 0.1) is 0 Å². The summed E-state index contributed by atoms with van der Waals surface area (Å²) in [6.45, 7) is 2.59. The van der Waals surface area contributed by atoms with Gasteiger partial charge >= 0.3 is 0 Å². The molecule has 0 aliphatic heterocycles. The number of carbonyl (C=O) groups excluding carboxylic acids is 2. The predicted molar refractivity (Wildman–Crippen MR) is 113 cm³/mol. The van der Waals surface area contributed by atoms with Crippen LogP contribution in [-0.2, 0) is 16.0 Å². The zero-order valence-electron chi connectivity index (χ0n) is 16.5. The van der Waals surface area contributed by atoms with Crippen molar-refractivity contribution in [3.05, 3.63) is 60.2 Å². The van der Waals surface area contributed by atoms with Gasteiger partial charge in [0.2, 0.25) is 11.8 Å². The zero-order chi connectivity index (χ0) is 20.0. The van der Waals surface area contributed by atoms with Crippen LogP contribution in [-0.4, -0.2) is 23.9 Å². The number of hydrogen-bond acceptors (Lipinski definition) is 3. The lowest BCUT2D eigenvalue weighted by molar-refractivity contribution is -0.122. The minimum atomic E-state index is -0.760. The molecule has 1 saturated carbocycles. The molecule has 3 N–H and O–H groups in total. The molecule has 1 aliphatic carbocycles. The van der Waals surface area contributed by atoms with E-state index in [4.69, 9.17) is 5.73 Å². The van der Waals surface area contributed by atoms with Gasteiger partial charge in [0.05, 0.1) is 12.0 Å². The van der Waals surface area contributed by atoms with Crippen LogP contribution in [0.15, 0.2) is 54.6 Å².